The highest BCUT2D eigenvalue weighted by atomic mass is 32.2. The van der Waals surface area contributed by atoms with Crippen LogP contribution in [0.4, 0.5) is 0 Å². The van der Waals surface area contributed by atoms with Crippen LogP contribution >= 0.6 is 0 Å². The van der Waals surface area contributed by atoms with E-state index in [1.807, 2.05) is 13.8 Å². The van der Waals surface area contributed by atoms with Crippen molar-refractivity contribution in [3.63, 3.8) is 0 Å². The van der Waals surface area contributed by atoms with E-state index in [-0.39, 0.29) is 5.91 Å². The SMILES string of the molecule is CCCN(CCC)S(=O)(=O)N1CCN(C(=O)CN2CCOCC2)CC1. The summed E-state index contributed by atoms with van der Waals surface area (Å²) in [5.74, 6) is 0.0814. The van der Waals surface area contributed by atoms with E-state index in [2.05, 4.69) is 4.90 Å². The summed E-state index contributed by atoms with van der Waals surface area (Å²) in [4.78, 5) is 16.3. The Morgan fingerprint density at radius 1 is 0.960 bits per heavy atom. The number of carbonyl (C=O) groups excluding carboxylic acids is 1. The van der Waals surface area contributed by atoms with Crippen molar-refractivity contribution >= 4 is 16.1 Å². The number of morpholine rings is 1. The van der Waals surface area contributed by atoms with E-state index >= 15 is 0 Å². The summed E-state index contributed by atoms with van der Waals surface area (Å²) in [6.07, 6.45) is 1.61. The number of nitrogens with zero attached hydrogens (tertiary/aromatic N) is 4. The number of ether oxygens (including phenoxy) is 1. The molecular formula is C16H32N4O4S. The average molecular weight is 377 g/mol. The van der Waals surface area contributed by atoms with E-state index in [1.54, 1.807) is 9.21 Å². The van der Waals surface area contributed by atoms with Crippen LogP contribution in [-0.4, -0.2) is 105 Å². The van der Waals surface area contributed by atoms with Crippen LogP contribution in [0.2, 0.25) is 0 Å². The van der Waals surface area contributed by atoms with Crippen LogP contribution in [0.5, 0.6) is 0 Å². The first-order chi connectivity index (χ1) is 12.0. The third-order valence-corrected chi connectivity index (χ3v) is 6.69. The molecule has 2 fully saturated rings. The largest absolute Gasteiger partial charge is 0.379 e. The van der Waals surface area contributed by atoms with Crippen molar-refractivity contribution in [3.8, 4) is 0 Å². The van der Waals surface area contributed by atoms with Crippen molar-refractivity contribution < 1.29 is 17.9 Å². The molecule has 1 amide bonds. The number of carbonyl (C=O) groups is 1. The van der Waals surface area contributed by atoms with E-state index < -0.39 is 10.2 Å². The lowest BCUT2D eigenvalue weighted by Gasteiger charge is -2.37. The van der Waals surface area contributed by atoms with Crippen LogP contribution in [0.1, 0.15) is 26.7 Å². The lowest BCUT2D eigenvalue weighted by Crippen LogP contribution is -2.56. The molecule has 25 heavy (non-hydrogen) atoms. The fourth-order valence-electron chi connectivity index (χ4n) is 3.22. The number of hydrogen-bond donors (Lipinski definition) is 0. The van der Waals surface area contributed by atoms with E-state index in [0.29, 0.717) is 59.0 Å². The van der Waals surface area contributed by atoms with Crippen LogP contribution in [0, 0.1) is 0 Å². The van der Waals surface area contributed by atoms with Crippen molar-refractivity contribution in [3.05, 3.63) is 0 Å². The summed E-state index contributed by atoms with van der Waals surface area (Å²) in [5.41, 5.74) is 0. The normalized spacial score (nSPS) is 21.0. The van der Waals surface area contributed by atoms with Gasteiger partial charge in [0.05, 0.1) is 19.8 Å². The number of hydrogen-bond acceptors (Lipinski definition) is 5. The van der Waals surface area contributed by atoms with Gasteiger partial charge in [0.2, 0.25) is 5.91 Å². The summed E-state index contributed by atoms with van der Waals surface area (Å²) in [5, 5.41) is 0. The second-order valence-electron chi connectivity index (χ2n) is 6.58. The number of piperazine rings is 1. The smallest absolute Gasteiger partial charge is 0.282 e. The summed E-state index contributed by atoms with van der Waals surface area (Å²) in [6.45, 7) is 10.1. The van der Waals surface area contributed by atoms with Crippen LogP contribution in [0.25, 0.3) is 0 Å². The third-order valence-electron chi connectivity index (χ3n) is 4.65. The zero-order valence-corrected chi connectivity index (χ0v) is 16.3. The van der Waals surface area contributed by atoms with Gasteiger partial charge in [-0.3, -0.25) is 9.69 Å². The second kappa shape index (κ2) is 9.82. The molecule has 0 aromatic carbocycles. The van der Waals surface area contributed by atoms with Crippen LogP contribution in [-0.2, 0) is 19.7 Å². The zero-order valence-electron chi connectivity index (χ0n) is 15.5. The Bertz CT molecular complexity index is 508. The van der Waals surface area contributed by atoms with Crippen LogP contribution < -0.4 is 0 Å². The lowest BCUT2D eigenvalue weighted by atomic mass is 10.3. The molecule has 0 bridgehead atoms. The summed E-state index contributed by atoms with van der Waals surface area (Å²) in [7, 11) is -3.42. The average Bonchev–Trinajstić information content (AvgIpc) is 2.62. The van der Waals surface area contributed by atoms with Crippen molar-refractivity contribution in [2.45, 2.75) is 26.7 Å². The van der Waals surface area contributed by atoms with Gasteiger partial charge in [0.15, 0.2) is 0 Å². The molecule has 0 saturated carbocycles. The summed E-state index contributed by atoms with van der Waals surface area (Å²) >= 11 is 0. The Labute approximate surface area is 151 Å². The Balaban J connectivity index is 1.86. The third kappa shape index (κ3) is 5.62. The number of rotatable bonds is 8. The van der Waals surface area contributed by atoms with Crippen LogP contribution in [0.15, 0.2) is 0 Å². The van der Waals surface area contributed by atoms with E-state index in [0.717, 1.165) is 25.9 Å². The minimum absolute atomic E-state index is 0.0814. The second-order valence-corrected chi connectivity index (χ2v) is 8.50. The topological polar surface area (TPSA) is 73.4 Å². The minimum atomic E-state index is -3.42. The molecule has 8 nitrogen and oxygen atoms in total. The minimum Gasteiger partial charge on any atom is -0.379 e. The molecule has 146 valence electrons. The van der Waals surface area contributed by atoms with Crippen molar-refractivity contribution in [2.24, 2.45) is 0 Å². The van der Waals surface area contributed by atoms with Crippen molar-refractivity contribution in [2.75, 3.05) is 72.1 Å². The number of amides is 1. The summed E-state index contributed by atoms with van der Waals surface area (Å²) in [6, 6.07) is 0. The van der Waals surface area contributed by atoms with Gasteiger partial charge in [-0.1, -0.05) is 13.8 Å². The lowest BCUT2D eigenvalue weighted by molar-refractivity contribution is -0.134. The van der Waals surface area contributed by atoms with Crippen molar-refractivity contribution in [1.29, 1.82) is 0 Å². The molecule has 2 heterocycles. The molecular weight excluding hydrogens is 344 g/mol. The van der Waals surface area contributed by atoms with Gasteiger partial charge in [0.1, 0.15) is 0 Å². The molecule has 2 aliphatic rings. The Morgan fingerprint density at radius 3 is 2.04 bits per heavy atom. The quantitative estimate of drug-likeness (QED) is 0.588. The van der Waals surface area contributed by atoms with E-state index in [1.165, 1.54) is 4.31 Å². The van der Waals surface area contributed by atoms with Gasteiger partial charge in [-0.2, -0.15) is 17.0 Å². The Kier molecular flexibility index (Phi) is 8.08. The zero-order chi connectivity index (χ0) is 18.3. The summed E-state index contributed by atoms with van der Waals surface area (Å²) < 4.78 is 34.0. The predicted octanol–water partition coefficient (Wildman–Crippen LogP) is -0.170. The molecule has 0 radical (unpaired) electrons. The first-order valence-corrected chi connectivity index (χ1v) is 10.7. The molecule has 9 heteroatoms. The van der Waals surface area contributed by atoms with Gasteiger partial charge in [-0.05, 0) is 12.8 Å². The maximum atomic E-state index is 12.8. The maximum Gasteiger partial charge on any atom is 0.282 e. The molecule has 2 aliphatic heterocycles. The van der Waals surface area contributed by atoms with Crippen molar-refractivity contribution in [1.82, 2.24) is 18.4 Å². The molecule has 2 saturated heterocycles. The predicted molar refractivity (Wildman–Crippen MR) is 96.5 cm³/mol. The van der Waals surface area contributed by atoms with Gasteiger partial charge in [-0.25, -0.2) is 0 Å². The first-order valence-electron chi connectivity index (χ1n) is 9.32. The highest BCUT2D eigenvalue weighted by molar-refractivity contribution is 7.86. The monoisotopic (exact) mass is 376 g/mol. The highest BCUT2D eigenvalue weighted by Crippen LogP contribution is 2.14. The molecule has 2 rings (SSSR count). The van der Waals surface area contributed by atoms with Crippen LogP contribution in [0.3, 0.4) is 0 Å². The van der Waals surface area contributed by atoms with Gasteiger partial charge in [0, 0.05) is 52.4 Å². The van der Waals surface area contributed by atoms with Gasteiger partial charge >= 0.3 is 0 Å². The molecule has 0 aromatic rings. The highest BCUT2D eigenvalue weighted by Gasteiger charge is 2.33. The molecule has 0 N–H and O–H groups in total. The molecule has 0 spiro atoms. The Hall–Kier alpha value is -0.740. The van der Waals surface area contributed by atoms with Gasteiger partial charge in [0.25, 0.3) is 10.2 Å². The van der Waals surface area contributed by atoms with Gasteiger partial charge < -0.3 is 9.64 Å². The molecule has 0 aromatic heterocycles. The maximum absolute atomic E-state index is 12.8. The molecule has 0 unspecified atom stereocenters. The van der Waals surface area contributed by atoms with E-state index in [4.69, 9.17) is 4.74 Å². The standard InChI is InChI=1S/C16H32N4O4S/c1-3-5-19(6-4-2)25(22,23)20-9-7-18(8-10-20)16(21)15-17-11-13-24-14-12-17/h3-15H2,1-2H3. The molecule has 0 atom stereocenters. The molecule has 0 aliphatic carbocycles. The fraction of sp³-hybridized carbons (Fsp3) is 0.938. The first kappa shape index (κ1) is 20.6. The van der Waals surface area contributed by atoms with E-state index in [9.17, 15) is 13.2 Å². The fourth-order valence-corrected chi connectivity index (χ4v) is 5.00. The Morgan fingerprint density at radius 2 is 1.52 bits per heavy atom. The van der Waals surface area contributed by atoms with Gasteiger partial charge in [-0.15, -0.1) is 0 Å².